The summed E-state index contributed by atoms with van der Waals surface area (Å²) in [6, 6.07) is 1.39. The van der Waals surface area contributed by atoms with Gasteiger partial charge in [-0.3, -0.25) is 10.1 Å². The Hall–Kier alpha value is -1.25. The Morgan fingerprint density at radius 3 is 3.08 bits per heavy atom. The molecule has 66 valence electrons. The molecule has 0 saturated heterocycles. The lowest BCUT2D eigenvalue weighted by Crippen LogP contribution is -1.88. The minimum atomic E-state index is -0.492. The molecule has 0 spiro atoms. The molecule has 6 nitrogen and oxygen atoms in total. The number of nitrogens with one attached hydrogen (secondary N) is 1. The number of H-pyrrole nitrogens is 1. The standard InChI is InChI=1S/C6H3IN4O2/c7-6-9-4-1-3(11(12)13)2-8-5(4)10-6/h1-2H,(H,8,9,10). The molecule has 0 amide bonds. The van der Waals surface area contributed by atoms with Gasteiger partial charge in [0.2, 0.25) is 0 Å². The van der Waals surface area contributed by atoms with E-state index in [9.17, 15) is 10.1 Å². The van der Waals surface area contributed by atoms with E-state index in [0.29, 0.717) is 15.0 Å². The molecule has 0 unspecified atom stereocenters. The van der Waals surface area contributed by atoms with Gasteiger partial charge in [0.1, 0.15) is 11.7 Å². The molecule has 0 saturated carbocycles. The minimum absolute atomic E-state index is 0.0459. The maximum Gasteiger partial charge on any atom is 0.289 e. The highest BCUT2D eigenvalue weighted by Gasteiger charge is 2.09. The Morgan fingerprint density at radius 1 is 1.62 bits per heavy atom. The van der Waals surface area contributed by atoms with Gasteiger partial charge in [-0.05, 0) is 22.6 Å². The Labute approximate surface area is 85.7 Å². The summed E-state index contributed by atoms with van der Waals surface area (Å²) in [5, 5.41) is 10.4. The second-order valence-electron chi connectivity index (χ2n) is 2.35. The van der Waals surface area contributed by atoms with Crippen molar-refractivity contribution in [2.45, 2.75) is 0 Å². The monoisotopic (exact) mass is 290 g/mol. The predicted molar refractivity (Wildman–Crippen MR) is 53.3 cm³/mol. The molecule has 2 rings (SSSR count). The largest absolute Gasteiger partial charge is 0.318 e. The van der Waals surface area contributed by atoms with Crippen LogP contribution < -0.4 is 0 Å². The smallest absolute Gasteiger partial charge is 0.289 e. The van der Waals surface area contributed by atoms with Gasteiger partial charge in [-0.1, -0.05) is 0 Å². The van der Waals surface area contributed by atoms with E-state index in [1.54, 1.807) is 0 Å². The van der Waals surface area contributed by atoms with Gasteiger partial charge in [-0.25, -0.2) is 9.97 Å². The van der Waals surface area contributed by atoms with Crippen molar-refractivity contribution in [2.24, 2.45) is 0 Å². The van der Waals surface area contributed by atoms with Gasteiger partial charge in [0, 0.05) is 6.07 Å². The maximum atomic E-state index is 10.4. The molecule has 13 heavy (non-hydrogen) atoms. The van der Waals surface area contributed by atoms with E-state index < -0.39 is 4.92 Å². The molecule has 0 aliphatic carbocycles. The van der Waals surface area contributed by atoms with Crippen LogP contribution in [0.5, 0.6) is 0 Å². The zero-order chi connectivity index (χ0) is 9.42. The number of aromatic amines is 1. The molecule has 7 heteroatoms. The summed E-state index contributed by atoms with van der Waals surface area (Å²) in [4.78, 5) is 20.6. The van der Waals surface area contributed by atoms with Crippen molar-refractivity contribution in [3.05, 3.63) is 26.2 Å². The molecule has 0 aliphatic rings. The summed E-state index contributed by atoms with van der Waals surface area (Å²) >= 11 is 1.99. The first-order chi connectivity index (χ1) is 6.16. The predicted octanol–water partition coefficient (Wildman–Crippen LogP) is 1.47. The highest BCUT2D eigenvalue weighted by Crippen LogP contribution is 2.16. The summed E-state index contributed by atoms with van der Waals surface area (Å²) in [5.74, 6) is 0. The molecular weight excluding hydrogens is 287 g/mol. The van der Waals surface area contributed by atoms with Crippen LogP contribution in [0.25, 0.3) is 11.2 Å². The van der Waals surface area contributed by atoms with Gasteiger partial charge >= 0.3 is 0 Å². The Bertz CT molecular complexity index is 480. The number of fused-ring (bicyclic) bond motifs is 1. The molecule has 2 aromatic rings. The third-order valence-corrected chi connectivity index (χ3v) is 2.02. The minimum Gasteiger partial charge on any atom is -0.318 e. The number of imidazole rings is 1. The quantitative estimate of drug-likeness (QED) is 0.489. The lowest BCUT2D eigenvalue weighted by molar-refractivity contribution is -0.385. The van der Waals surface area contributed by atoms with E-state index >= 15 is 0 Å². The van der Waals surface area contributed by atoms with E-state index in [4.69, 9.17) is 0 Å². The van der Waals surface area contributed by atoms with Crippen LogP contribution in [0.15, 0.2) is 12.3 Å². The van der Waals surface area contributed by atoms with Gasteiger partial charge < -0.3 is 4.98 Å². The number of halogens is 1. The van der Waals surface area contributed by atoms with Crippen LogP contribution in [-0.4, -0.2) is 19.9 Å². The first-order valence-electron chi connectivity index (χ1n) is 3.32. The molecule has 0 aromatic carbocycles. The third-order valence-electron chi connectivity index (χ3n) is 1.50. The zero-order valence-electron chi connectivity index (χ0n) is 6.19. The third kappa shape index (κ3) is 1.46. The lowest BCUT2D eigenvalue weighted by Gasteiger charge is -1.88. The molecular formula is C6H3IN4O2. The van der Waals surface area contributed by atoms with Crippen LogP contribution >= 0.6 is 22.6 Å². The zero-order valence-corrected chi connectivity index (χ0v) is 8.35. The molecule has 0 atom stereocenters. The molecule has 0 bridgehead atoms. The van der Waals surface area contributed by atoms with Crippen molar-refractivity contribution < 1.29 is 4.92 Å². The lowest BCUT2D eigenvalue weighted by atomic mass is 10.4. The van der Waals surface area contributed by atoms with Crippen molar-refractivity contribution in [1.29, 1.82) is 0 Å². The fraction of sp³-hybridized carbons (Fsp3) is 0. The maximum absolute atomic E-state index is 10.4. The average molecular weight is 290 g/mol. The number of nitro groups is 1. The van der Waals surface area contributed by atoms with Gasteiger partial charge in [-0.2, -0.15) is 0 Å². The highest BCUT2D eigenvalue weighted by atomic mass is 127. The number of pyridine rings is 1. The number of nitrogens with zero attached hydrogens (tertiary/aromatic N) is 3. The topological polar surface area (TPSA) is 84.7 Å². The van der Waals surface area contributed by atoms with Crippen molar-refractivity contribution in [3.8, 4) is 0 Å². The van der Waals surface area contributed by atoms with Crippen LogP contribution in [0.2, 0.25) is 0 Å². The van der Waals surface area contributed by atoms with Crippen LogP contribution in [-0.2, 0) is 0 Å². The number of rotatable bonds is 1. The first kappa shape index (κ1) is 8.35. The van der Waals surface area contributed by atoms with Gasteiger partial charge in [0.05, 0.1) is 4.92 Å². The van der Waals surface area contributed by atoms with Crippen LogP contribution in [0.4, 0.5) is 5.69 Å². The second-order valence-corrected chi connectivity index (χ2v) is 3.37. The summed E-state index contributed by atoms with van der Waals surface area (Å²) in [6.45, 7) is 0. The first-order valence-corrected chi connectivity index (χ1v) is 4.40. The summed E-state index contributed by atoms with van der Waals surface area (Å²) in [5.41, 5.74) is 1.03. The number of aromatic nitrogens is 3. The van der Waals surface area contributed by atoms with E-state index in [1.165, 1.54) is 12.3 Å². The molecule has 0 aliphatic heterocycles. The highest BCUT2D eigenvalue weighted by molar-refractivity contribution is 14.1. The van der Waals surface area contributed by atoms with Gasteiger partial charge in [0.25, 0.3) is 5.69 Å². The molecule has 0 radical (unpaired) electrons. The van der Waals surface area contributed by atoms with Gasteiger partial charge in [-0.15, -0.1) is 0 Å². The van der Waals surface area contributed by atoms with E-state index in [0.717, 1.165) is 0 Å². The second kappa shape index (κ2) is 2.91. The Kier molecular flexibility index (Phi) is 1.87. The summed E-state index contributed by atoms with van der Waals surface area (Å²) < 4.78 is 0.667. The Balaban J connectivity index is 2.67. The molecule has 2 aromatic heterocycles. The molecule has 1 N–H and O–H groups in total. The van der Waals surface area contributed by atoms with Crippen molar-refractivity contribution >= 4 is 39.4 Å². The fourth-order valence-electron chi connectivity index (χ4n) is 0.955. The van der Waals surface area contributed by atoms with Crippen LogP contribution in [0, 0.1) is 13.9 Å². The summed E-state index contributed by atoms with van der Waals surface area (Å²) in [6.07, 6.45) is 1.20. The van der Waals surface area contributed by atoms with E-state index in [-0.39, 0.29) is 5.69 Å². The van der Waals surface area contributed by atoms with Crippen LogP contribution in [0.1, 0.15) is 0 Å². The van der Waals surface area contributed by atoms with E-state index in [1.807, 2.05) is 22.6 Å². The fourth-order valence-corrected chi connectivity index (χ4v) is 1.47. The van der Waals surface area contributed by atoms with Crippen molar-refractivity contribution in [1.82, 2.24) is 15.0 Å². The SMILES string of the molecule is O=[N+]([O-])c1cnc2[nH]c(I)nc2c1. The van der Waals surface area contributed by atoms with Crippen molar-refractivity contribution in [3.63, 3.8) is 0 Å². The van der Waals surface area contributed by atoms with E-state index in [2.05, 4.69) is 15.0 Å². The number of hydrogen-bond donors (Lipinski definition) is 1. The molecule has 2 heterocycles. The Morgan fingerprint density at radius 2 is 2.38 bits per heavy atom. The van der Waals surface area contributed by atoms with Crippen LogP contribution in [0.3, 0.4) is 0 Å². The average Bonchev–Trinajstić information content (AvgIpc) is 2.42. The molecule has 0 fully saturated rings. The van der Waals surface area contributed by atoms with Gasteiger partial charge in [0.15, 0.2) is 9.48 Å². The van der Waals surface area contributed by atoms with Crippen molar-refractivity contribution in [2.75, 3.05) is 0 Å². The summed E-state index contributed by atoms with van der Waals surface area (Å²) in [7, 11) is 0. The normalized spacial score (nSPS) is 10.5. The number of hydrogen-bond acceptors (Lipinski definition) is 4.